The van der Waals surface area contributed by atoms with Gasteiger partial charge in [0.15, 0.2) is 0 Å². The highest BCUT2D eigenvalue weighted by atomic mass is 16.3. The van der Waals surface area contributed by atoms with Crippen molar-refractivity contribution in [3.63, 3.8) is 0 Å². The number of furan rings is 1. The minimum Gasteiger partial charge on any atom is -0.461 e. The second kappa shape index (κ2) is 6.15. The Kier molecular flexibility index (Phi) is 4.07. The zero-order valence-corrected chi connectivity index (χ0v) is 12.6. The Balaban J connectivity index is 1.91. The van der Waals surface area contributed by atoms with Gasteiger partial charge in [-0.25, -0.2) is 0 Å². The topological polar surface area (TPSA) is 25.2 Å². The van der Waals surface area contributed by atoms with Crippen LogP contribution in [0.1, 0.15) is 19.6 Å². The lowest BCUT2D eigenvalue weighted by Gasteiger charge is -2.09. The molecule has 0 saturated carbocycles. The molecule has 1 aromatic heterocycles. The van der Waals surface area contributed by atoms with Crippen LogP contribution in [0.4, 0.5) is 0 Å². The molecule has 108 valence electrons. The van der Waals surface area contributed by atoms with Gasteiger partial charge in [-0.1, -0.05) is 49.4 Å². The lowest BCUT2D eigenvalue weighted by molar-refractivity contribution is 0.470. The van der Waals surface area contributed by atoms with Crippen molar-refractivity contribution >= 4 is 10.8 Å². The fourth-order valence-electron chi connectivity index (χ4n) is 2.80. The fraction of sp³-hybridized carbons (Fsp3) is 0.263. The monoisotopic (exact) mass is 279 g/mol. The molecule has 2 aromatic carbocycles. The molecule has 3 rings (SSSR count). The van der Waals surface area contributed by atoms with Crippen molar-refractivity contribution in [1.82, 2.24) is 5.32 Å². The van der Waals surface area contributed by atoms with E-state index in [9.17, 15) is 0 Å². The number of benzene rings is 2. The summed E-state index contributed by atoms with van der Waals surface area (Å²) in [6.45, 7) is 5.29. The highest BCUT2D eigenvalue weighted by Crippen LogP contribution is 2.30. The van der Waals surface area contributed by atoms with Crippen molar-refractivity contribution in [3.8, 4) is 11.3 Å². The van der Waals surface area contributed by atoms with Gasteiger partial charge in [0.1, 0.15) is 11.5 Å². The van der Waals surface area contributed by atoms with Crippen molar-refractivity contribution in [2.24, 2.45) is 0 Å². The highest BCUT2D eigenvalue weighted by Gasteiger charge is 2.10. The molecule has 2 nitrogen and oxygen atoms in total. The van der Waals surface area contributed by atoms with Crippen molar-refractivity contribution in [3.05, 3.63) is 60.4 Å². The van der Waals surface area contributed by atoms with Crippen molar-refractivity contribution in [1.29, 1.82) is 0 Å². The van der Waals surface area contributed by atoms with Crippen molar-refractivity contribution < 1.29 is 4.42 Å². The molecule has 21 heavy (non-hydrogen) atoms. The van der Waals surface area contributed by atoms with E-state index in [1.807, 2.05) is 0 Å². The van der Waals surface area contributed by atoms with Gasteiger partial charge in [-0.2, -0.15) is 0 Å². The third-order valence-electron chi connectivity index (χ3n) is 3.78. The number of likely N-dealkylation sites (N-methyl/N-ethyl adjacent to an activating group) is 1. The summed E-state index contributed by atoms with van der Waals surface area (Å²) < 4.78 is 6.05. The van der Waals surface area contributed by atoms with Crippen LogP contribution in [0.5, 0.6) is 0 Å². The van der Waals surface area contributed by atoms with Crippen molar-refractivity contribution in [2.75, 3.05) is 6.54 Å². The van der Waals surface area contributed by atoms with E-state index in [2.05, 4.69) is 73.8 Å². The summed E-state index contributed by atoms with van der Waals surface area (Å²) in [6, 6.07) is 19.4. The summed E-state index contributed by atoms with van der Waals surface area (Å²) >= 11 is 0. The van der Waals surface area contributed by atoms with Crippen LogP contribution in [0.25, 0.3) is 22.1 Å². The van der Waals surface area contributed by atoms with Gasteiger partial charge in [0.25, 0.3) is 0 Å². The molecule has 2 heteroatoms. The molecule has 1 N–H and O–H groups in total. The standard InChI is InChI=1S/C19H21NO/c1-3-20-14(2)13-16-11-12-19(21-16)18-10-6-8-15-7-4-5-9-17(15)18/h4-12,14,20H,3,13H2,1-2H3. The second-order valence-electron chi connectivity index (χ2n) is 5.46. The van der Waals surface area contributed by atoms with Gasteiger partial charge in [-0.3, -0.25) is 0 Å². The van der Waals surface area contributed by atoms with Gasteiger partial charge < -0.3 is 9.73 Å². The number of rotatable bonds is 5. The van der Waals surface area contributed by atoms with Gasteiger partial charge in [0.2, 0.25) is 0 Å². The van der Waals surface area contributed by atoms with Crippen LogP contribution >= 0.6 is 0 Å². The number of fused-ring (bicyclic) bond motifs is 1. The SMILES string of the molecule is CCNC(C)Cc1ccc(-c2cccc3ccccc23)o1. The van der Waals surface area contributed by atoms with E-state index in [-0.39, 0.29) is 0 Å². The number of nitrogens with one attached hydrogen (secondary N) is 1. The van der Waals surface area contributed by atoms with Gasteiger partial charge >= 0.3 is 0 Å². The lowest BCUT2D eigenvalue weighted by atomic mass is 10.0. The average Bonchev–Trinajstić information content (AvgIpc) is 2.95. The smallest absolute Gasteiger partial charge is 0.134 e. The molecular formula is C19H21NO. The first-order valence-corrected chi connectivity index (χ1v) is 7.58. The van der Waals surface area contributed by atoms with Gasteiger partial charge in [-0.05, 0) is 36.4 Å². The molecule has 0 bridgehead atoms. The van der Waals surface area contributed by atoms with Crippen LogP contribution in [-0.2, 0) is 6.42 Å². The predicted molar refractivity (Wildman–Crippen MR) is 88.5 cm³/mol. The molecule has 1 unspecified atom stereocenters. The van der Waals surface area contributed by atoms with E-state index in [1.54, 1.807) is 0 Å². The maximum absolute atomic E-state index is 6.05. The largest absolute Gasteiger partial charge is 0.461 e. The van der Waals surface area contributed by atoms with E-state index >= 15 is 0 Å². The molecule has 0 aliphatic carbocycles. The molecule has 0 fully saturated rings. The van der Waals surface area contributed by atoms with Crippen molar-refractivity contribution in [2.45, 2.75) is 26.3 Å². The van der Waals surface area contributed by atoms with E-state index in [0.717, 1.165) is 30.0 Å². The zero-order chi connectivity index (χ0) is 14.7. The molecular weight excluding hydrogens is 258 g/mol. The third kappa shape index (κ3) is 3.01. The summed E-state index contributed by atoms with van der Waals surface area (Å²) in [4.78, 5) is 0. The van der Waals surface area contributed by atoms with Crippen LogP contribution in [0.15, 0.2) is 59.0 Å². The molecule has 0 amide bonds. The Morgan fingerprint density at radius 2 is 1.81 bits per heavy atom. The molecule has 1 atom stereocenters. The lowest BCUT2D eigenvalue weighted by Crippen LogP contribution is -2.27. The molecule has 0 radical (unpaired) electrons. The van der Waals surface area contributed by atoms with E-state index in [4.69, 9.17) is 4.42 Å². The Hall–Kier alpha value is -2.06. The Bertz CT molecular complexity index is 724. The molecule has 0 aliphatic rings. The highest BCUT2D eigenvalue weighted by molar-refractivity contribution is 5.95. The molecule has 1 heterocycles. The normalized spacial score (nSPS) is 12.7. The maximum atomic E-state index is 6.05. The van der Waals surface area contributed by atoms with Crippen LogP contribution in [0.3, 0.4) is 0 Å². The van der Waals surface area contributed by atoms with E-state index in [1.165, 1.54) is 10.8 Å². The van der Waals surface area contributed by atoms with Crippen LogP contribution in [0, 0.1) is 0 Å². The molecule has 3 aromatic rings. The first kappa shape index (κ1) is 13.9. The fourth-order valence-corrected chi connectivity index (χ4v) is 2.80. The summed E-state index contributed by atoms with van der Waals surface area (Å²) in [5.74, 6) is 1.98. The van der Waals surface area contributed by atoms with Gasteiger partial charge in [-0.15, -0.1) is 0 Å². The number of hydrogen-bond acceptors (Lipinski definition) is 2. The van der Waals surface area contributed by atoms with Crippen LogP contribution in [-0.4, -0.2) is 12.6 Å². The predicted octanol–water partition coefficient (Wildman–Crippen LogP) is 4.64. The first-order valence-electron chi connectivity index (χ1n) is 7.58. The Morgan fingerprint density at radius 1 is 1.00 bits per heavy atom. The number of hydrogen-bond donors (Lipinski definition) is 1. The quantitative estimate of drug-likeness (QED) is 0.736. The molecule has 0 saturated heterocycles. The Labute approximate surface area is 125 Å². The molecule has 0 spiro atoms. The summed E-state index contributed by atoms with van der Waals surface area (Å²) in [5.41, 5.74) is 1.16. The van der Waals surface area contributed by atoms with Crippen LogP contribution in [0.2, 0.25) is 0 Å². The van der Waals surface area contributed by atoms with Gasteiger partial charge in [0.05, 0.1) is 0 Å². The zero-order valence-electron chi connectivity index (χ0n) is 12.6. The van der Waals surface area contributed by atoms with Crippen LogP contribution < -0.4 is 5.32 Å². The average molecular weight is 279 g/mol. The minimum absolute atomic E-state index is 0.432. The summed E-state index contributed by atoms with van der Waals surface area (Å²) in [7, 11) is 0. The third-order valence-corrected chi connectivity index (χ3v) is 3.78. The second-order valence-corrected chi connectivity index (χ2v) is 5.46. The first-order chi connectivity index (χ1) is 10.3. The minimum atomic E-state index is 0.432. The van der Waals surface area contributed by atoms with Gasteiger partial charge in [0, 0.05) is 18.0 Å². The van der Waals surface area contributed by atoms with E-state index in [0.29, 0.717) is 6.04 Å². The van der Waals surface area contributed by atoms with E-state index < -0.39 is 0 Å². The Morgan fingerprint density at radius 3 is 2.67 bits per heavy atom. The maximum Gasteiger partial charge on any atom is 0.134 e. The molecule has 0 aliphatic heterocycles. The summed E-state index contributed by atoms with van der Waals surface area (Å²) in [5, 5.41) is 5.89. The summed E-state index contributed by atoms with van der Waals surface area (Å²) in [6.07, 6.45) is 0.915.